The molecule has 1 aliphatic carbocycles. The fourth-order valence-electron chi connectivity index (χ4n) is 2.36. The highest BCUT2D eigenvalue weighted by molar-refractivity contribution is 6.20. The van der Waals surface area contributed by atoms with Crippen LogP contribution in [0.3, 0.4) is 0 Å². The molecule has 0 atom stereocenters. The van der Waals surface area contributed by atoms with Crippen molar-refractivity contribution in [3.05, 3.63) is 35.1 Å². The van der Waals surface area contributed by atoms with Crippen LogP contribution < -0.4 is 5.32 Å². The third kappa shape index (κ3) is 3.45. The molecule has 6 heteroatoms. The number of hydrogen-bond donors (Lipinski definition) is 1. The van der Waals surface area contributed by atoms with Crippen molar-refractivity contribution in [2.75, 3.05) is 6.54 Å². The molecule has 1 saturated carbocycles. The van der Waals surface area contributed by atoms with Gasteiger partial charge in [0.1, 0.15) is 0 Å². The maximum absolute atomic E-state index is 13.4. The standard InChI is InChI=1S/C14H15ClF3NO/c15-9-3-1-8(2-4-9)7-19-14(20)10-5-6-11(16)13(18)12(10)17/h5-6,8-9H,1-4,7H2,(H,19,20). The van der Waals surface area contributed by atoms with E-state index in [0.29, 0.717) is 12.5 Å². The Balaban J connectivity index is 1.94. The summed E-state index contributed by atoms with van der Waals surface area (Å²) in [6, 6.07) is 1.69. The minimum absolute atomic E-state index is 0.186. The largest absolute Gasteiger partial charge is 0.352 e. The summed E-state index contributed by atoms with van der Waals surface area (Å²) >= 11 is 5.98. The van der Waals surface area contributed by atoms with Crippen molar-refractivity contribution >= 4 is 17.5 Å². The normalized spacial score (nSPS) is 22.6. The molecular weight excluding hydrogens is 291 g/mol. The molecule has 110 valence electrons. The predicted molar refractivity (Wildman–Crippen MR) is 70.2 cm³/mol. The molecule has 0 heterocycles. The fourth-order valence-corrected chi connectivity index (χ4v) is 2.61. The zero-order valence-corrected chi connectivity index (χ0v) is 11.5. The van der Waals surface area contributed by atoms with Crippen LogP contribution in [0, 0.1) is 23.4 Å². The Hall–Kier alpha value is -1.23. The number of halogens is 4. The van der Waals surface area contributed by atoms with Gasteiger partial charge in [0.25, 0.3) is 5.91 Å². The number of benzene rings is 1. The second kappa shape index (κ2) is 6.48. The molecule has 0 saturated heterocycles. The first kappa shape index (κ1) is 15.2. The summed E-state index contributed by atoms with van der Waals surface area (Å²) in [7, 11) is 0. The van der Waals surface area contributed by atoms with Crippen LogP contribution in [0.15, 0.2) is 12.1 Å². The Labute approximate surface area is 120 Å². The van der Waals surface area contributed by atoms with Gasteiger partial charge in [-0.25, -0.2) is 13.2 Å². The topological polar surface area (TPSA) is 29.1 Å². The molecule has 1 aromatic carbocycles. The first-order valence-electron chi connectivity index (χ1n) is 6.54. The van der Waals surface area contributed by atoms with Crippen LogP contribution in [0.4, 0.5) is 13.2 Å². The van der Waals surface area contributed by atoms with Gasteiger partial charge in [-0.15, -0.1) is 11.6 Å². The summed E-state index contributed by atoms with van der Waals surface area (Å²) in [4.78, 5) is 11.8. The Kier molecular flexibility index (Phi) is 4.91. The number of amides is 1. The molecule has 0 aliphatic heterocycles. The van der Waals surface area contributed by atoms with E-state index in [1.807, 2.05) is 0 Å². The predicted octanol–water partition coefficient (Wildman–Crippen LogP) is 3.63. The van der Waals surface area contributed by atoms with Crippen LogP contribution in [0.1, 0.15) is 36.0 Å². The van der Waals surface area contributed by atoms with Crippen molar-refractivity contribution in [3.63, 3.8) is 0 Å². The Morgan fingerprint density at radius 3 is 2.45 bits per heavy atom. The SMILES string of the molecule is O=C(NCC1CCC(Cl)CC1)c1ccc(F)c(F)c1F. The number of rotatable bonds is 3. The number of carbonyl (C=O) groups is 1. The third-order valence-electron chi connectivity index (χ3n) is 3.61. The molecule has 0 spiro atoms. The highest BCUT2D eigenvalue weighted by Crippen LogP contribution is 2.27. The average Bonchev–Trinajstić information content (AvgIpc) is 2.44. The van der Waals surface area contributed by atoms with Gasteiger partial charge in [-0.05, 0) is 43.7 Å². The van der Waals surface area contributed by atoms with Crippen LogP contribution in [0.5, 0.6) is 0 Å². The lowest BCUT2D eigenvalue weighted by Crippen LogP contribution is -2.32. The summed E-state index contributed by atoms with van der Waals surface area (Å²) in [6.45, 7) is 0.390. The zero-order chi connectivity index (χ0) is 14.7. The molecule has 0 aromatic heterocycles. The summed E-state index contributed by atoms with van der Waals surface area (Å²) in [5, 5.41) is 2.75. The summed E-state index contributed by atoms with van der Waals surface area (Å²) in [6.07, 6.45) is 3.58. The van der Waals surface area contributed by atoms with Crippen molar-refractivity contribution in [2.45, 2.75) is 31.1 Å². The minimum Gasteiger partial charge on any atom is -0.352 e. The Morgan fingerprint density at radius 1 is 1.15 bits per heavy atom. The molecule has 2 rings (SSSR count). The Bertz CT molecular complexity index is 501. The molecule has 0 unspecified atom stereocenters. The number of alkyl halides is 1. The lowest BCUT2D eigenvalue weighted by molar-refractivity contribution is 0.0938. The van der Waals surface area contributed by atoms with E-state index in [9.17, 15) is 18.0 Å². The van der Waals surface area contributed by atoms with E-state index >= 15 is 0 Å². The first-order valence-corrected chi connectivity index (χ1v) is 6.98. The van der Waals surface area contributed by atoms with Gasteiger partial charge in [-0.3, -0.25) is 4.79 Å². The number of carbonyl (C=O) groups excluding carboxylic acids is 1. The molecule has 2 nitrogen and oxygen atoms in total. The average molecular weight is 306 g/mol. The second-order valence-corrected chi connectivity index (χ2v) is 5.67. The van der Waals surface area contributed by atoms with Crippen molar-refractivity contribution < 1.29 is 18.0 Å². The maximum atomic E-state index is 13.4. The molecule has 0 bridgehead atoms. The van der Waals surface area contributed by atoms with E-state index in [0.717, 1.165) is 37.8 Å². The molecule has 1 aromatic rings. The van der Waals surface area contributed by atoms with Crippen LogP contribution in [-0.2, 0) is 0 Å². The fraction of sp³-hybridized carbons (Fsp3) is 0.500. The molecule has 1 fully saturated rings. The minimum atomic E-state index is -1.62. The zero-order valence-electron chi connectivity index (χ0n) is 10.8. The highest BCUT2D eigenvalue weighted by Gasteiger charge is 2.22. The highest BCUT2D eigenvalue weighted by atomic mass is 35.5. The van der Waals surface area contributed by atoms with Crippen molar-refractivity contribution in [1.29, 1.82) is 0 Å². The van der Waals surface area contributed by atoms with Gasteiger partial charge in [0.05, 0.1) is 5.56 Å². The van der Waals surface area contributed by atoms with Crippen LogP contribution in [-0.4, -0.2) is 17.8 Å². The molecule has 1 N–H and O–H groups in total. The van der Waals surface area contributed by atoms with Crippen LogP contribution in [0.25, 0.3) is 0 Å². The van der Waals surface area contributed by atoms with E-state index in [1.165, 1.54) is 0 Å². The Morgan fingerprint density at radius 2 is 1.80 bits per heavy atom. The van der Waals surface area contributed by atoms with Crippen molar-refractivity contribution in [3.8, 4) is 0 Å². The summed E-state index contributed by atoms with van der Waals surface area (Å²) in [5.74, 6) is -4.82. The summed E-state index contributed by atoms with van der Waals surface area (Å²) in [5.41, 5.74) is -0.477. The molecule has 20 heavy (non-hydrogen) atoms. The molecule has 1 aliphatic rings. The van der Waals surface area contributed by atoms with E-state index in [4.69, 9.17) is 11.6 Å². The van der Waals surface area contributed by atoms with E-state index in [2.05, 4.69) is 5.32 Å². The third-order valence-corrected chi connectivity index (χ3v) is 4.04. The quantitative estimate of drug-likeness (QED) is 0.670. The first-order chi connectivity index (χ1) is 9.49. The van der Waals surface area contributed by atoms with Crippen molar-refractivity contribution in [1.82, 2.24) is 5.32 Å². The van der Waals surface area contributed by atoms with Gasteiger partial charge in [-0.1, -0.05) is 0 Å². The molecular formula is C14H15ClF3NO. The number of hydrogen-bond acceptors (Lipinski definition) is 1. The van der Waals surface area contributed by atoms with Gasteiger partial charge < -0.3 is 5.32 Å². The van der Waals surface area contributed by atoms with Gasteiger partial charge in [0.2, 0.25) is 0 Å². The monoisotopic (exact) mass is 305 g/mol. The van der Waals surface area contributed by atoms with Crippen LogP contribution in [0.2, 0.25) is 0 Å². The maximum Gasteiger partial charge on any atom is 0.254 e. The number of nitrogens with one attached hydrogen (secondary N) is 1. The molecule has 1 amide bonds. The van der Waals surface area contributed by atoms with Gasteiger partial charge >= 0.3 is 0 Å². The van der Waals surface area contributed by atoms with E-state index in [1.54, 1.807) is 0 Å². The van der Waals surface area contributed by atoms with Crippen LogP contribution >= 0.6 is 11.6 Å². The second-order valence-electron chi connectivity index (χ2n) is 5.05. The molecule has 0 radical (unpaired) electrons. The van der Waals surface area contributed by atoms with Gasteiger partial charge in [0.15, 0.2) is 17.5 Å². The lowest BCUT2D eigenvalue weighted by atomic mass is 9.89. The van der Waals surface area contributed by atoms with Gasteiger partial charge in [-0.2, -0.15) is 0 Å². The summed E-state index contributed by atoms with van der Waals surface area (Å²) < 4.78 is 39.3. The van der Waals surface area contributed by atoms with E-state index < -0.39 is 28.9 Å². The smallest absolute Gasteiger partial charge is 0.254 e. The van der Waals surface area contributed by atoms with E-state index in [-0.39, 0.29) is 5.38 Å². The van der Waals surface area contributed by atoms with Gasteiger partial charge in [0, 0.05) is 11.9 Å². The van der Waals surface area contributed by atoms with Crippen molar-refractivity contribution in [2.24, 2.45) is 5.92 Å². The lowest BCUT2D eigenvalue weighted by Gasteiger charge is -2.25.